The first-order valence-corrected chi connectivity index (χ1v) is 60.3. The summed E-state index contributed by atoms with van der Waals surface area (Å²) in [6.45, 7) is 8.93. The smallest absolute Gasteiger partial charge is 0.331 e. The number of thioether (sulfide) groups is 3. The number of piperidine rings is 6. The predicted octanol–water partition coefficient (Wildman–Crippen LogP) is 12.4. The maximum Gasteiger partial charge on any atom is 0.331 e. The maximum absolute atomic E-state index is 12.5. The minimum absolute atomic E-state index is 0.0311. The lowest BCUT2D eigenvalue weighted by Gasteiger charge is -2.39. The molecule has 27 atom stereocenters. The molecule has 5 unspecified atom stereocenters. The minimum Gasteiger partial charge on any atom is -0.450 e. The second kappa shape index (κ2) is 39.6. The van der Waals surface area contributed by atoms with Gasteiger partial charge in [-0.25, -0.2) is 33.6 Å². The number of amides is 2. The number of ketones is 1. The lowest BCUT2D eigenvalue weighted by molar-refractivity contribution is -0.149. The molecule has 20 aliphatic heterocycles. The Balaban J connectivity index is 0.0000000902. The Morgan fingerprint density at radius 3 is 1.07 bits per heavy atom. The SMILES string of the molecule is NCCSC1CC2=CC(=O)O[C@@]23C[C@@H]1N1CCCC[C@@H]13.O=C(CCCC[C@@H]1SC[C@@H]2NC(=O)N[C@@H]21)CCCS[C@H]1CC2=CC(=O)O[C@@]23C[C@@H]1N1CCCC[C@@H]13.O=C1C=C2CC(NC3CC3)[C@@H]3C[C@@]2(O1)[C@H]1CCCCN31.O=C1C=C2CC(NC3CCCC3)[C@@H]3C[C@@]2(O1)[C@H]1CCCCN31.O=C1C=C2CC(NC3CCCCC3)[C@@H]3C[C@@]2(O1)[C@H]1CCCCN31.O=C1C=C2CC(NCC3CC3)[C@@H]3C[C@@]2(O1)[C@H]1CCCCN31. The molecule has 20 heterocycles. The summed E-state index contributed by atoms with van der Waals surface area (Å²) in [7, 11) is 0. The van der Waals surface area contributed by atoms with Crippen LogP contribution in [0, 0.1) is 5.92 Å². The highest BCUT2D eigenvalue weighted by Gasteiger charge is 2.71. The summed E-state index contributed by atoms with van der Waals surface area (Å²) in [5, 5.41) is 23.2. The Bertz CT molecular complexity index is 5000. The van der Waals surface area contributed by atoms with Crippen molar-refractivity contribution in [2.75, 3.05) is 69.6 Å². The number of hydrogen-bond acceptors (Lipinski definition) is 28. The second-order valence-electron chi connectivity index (χ2n) is 48.7. The zero-order valence-corrected chi connectivity index (χ0v) is 86.0. The number of ether oxygens (including phenoxy) is 6. The number of fused-ring (bicyclic) bond motifs is 19. The quantitative estimate of drug-likeness (QED) is 0.0229. The number of unbranched alkanes of at least 4 members (excludes halogenated alkanes) is 1. The van der Waals surface area contributed by atoms with Gasteiger partial charge in [0.25, 0.3) is 0 Å². The van der Waals surface area contributed by atoms with Gasteiger partial charge >= 0.3 is 41.8 Å². The number of carbonyl (C=O) groups excluding carboxylic acids is 8. The van der Waals surface area contributed by atoms with E-state index in [4.69, 9.17) is 34.2 Å². The van der Waals surface area contributed by atoms with E-state index in [1.807, 2.05) is 47.4 Å². The summed E-state index contributed by atoms with van der Waals surface area (Å²) in [6, 6.07) is 10.6. The molecular weight excluding hydrogens is 1840 g/mol. The summed E-state index contributed by atoms with van der Waals surface area (Å²) in [5.74, 6) is 3.66. The van der Waals surface area contributed by atoms with Crippen molar-refractivity contribution in [1.82, 2.24) is 61.3 Å². The molecule has 0 radical (unpaired) electrons. The van der Waals surface area contributed by atoms with Gasteiger partial charge in [-0.3, -0.25) is 34.2 Å². The molecule has 30 rings (SSSR count). The number of urea groups is 1. The molecule has 27 nitrogen and oxygen atoms in total. The van der Waals surface area contributed by atoms with Crippen LogP contribution >= 0.6 is 35.3 Å². The van der Waals surface area contributed by atoms with E-state index in [0.717, 1.165) is 158 Å². The molecule has 0 aromatic heterocycles. The van der Waals surface area contributed by atoms with E-state index in [1.165, 1.54) is 259 Å². The first kappa shape index (κ1) is 96.6. The van der Waals surface area contributed by atoms with Crippen LogP contribution in [0.2, 0.25) is 0 Å². The molecule has 10 saturated carbocycles. The Labute approximate surface area is 847 Å². The fraction of sp³-hybridized carbons (Fsp3) is 0.820. The van der Waals surface area contributed by atoms with Crippen molar-refractivity contribution in [3.63, 3.8) is 0 Å². The molecule has 6 spiro atoms. The molecule has 30 heteroatoms. The third kappa shape index (κ3) is 17.8. The van der Waals surface area contributed by atoms with Crippen LogP contribution < -0.4 is 37.6 Å². The van der Waals surface area contributed by atoms with Crippen molar-refractivity contribution in [1.29, 1.82) is 0 Å². The van der Waals surface area contributed by atoms with Gasteiger partial charge < -0.3 is 66.1 Å². The van der Waals surface area contributed by atoms with E-state index in [-0.39, 0.29) is 87.5 Å². The second-order valence-corrected chi connectivity index (χ2v) is 52.7. The molecule has 141 heavy (non-hydrogen) atoms. The van der Waals surface area contributed by atoms with Gasteiger partial charge in [-0.1, -0.05) is 77.0 Å². The lowest BCUT2D eigenvalue weighted by atomic mass is 9.75. The molecule has 8 N–H and O–H groups in total. The van der Waals surface area contributed by atoms with Crippen molar-refractivity contribution in [3.8, 4) is 0 Å². The highest BCUT2D eigenvalue weighted by molar-refractivity contribution is 8.00. The predicted molar refractivity (Wildman–Crippen MR) is 543 cm³/mol. The van der Waals surface area contributed by atoms with Crippen LogP contribution in [-0.2, 0) is 62.0 Å². The monoisotopic (exact) mass is 1990 g/mol. The van der Waals surface area contributed by atoms with Gasteiger partial charge in [-0.05, 0) is 277 Å². The van der Waals surface area contributed by atoms with Crippen molar-refractivity contribution < 1.29 is 66.8 Å². The van der Waals surface area contributed by atoms with Crippen molar-refractivity contribution in [3.05, 3.63) is 69.9 Å². The van der Waals surface area contributed by atoms with Crippen LogP contribution in [0.15, 0.2) is 69.9 Å². The van der Waals surface area contributed by atoms with Gasteiger partial charge in [0.1, 0.15) is 5.78 Å². The van der Waals surface area contributed by atoms with E-state index in [2.05, 4.69) is 61.3 Å². The first-order chi connectivity index (χ1) is 68.8. The van der Waals surface area contributed by atoms with Crippen LogP contribution in [0.1, 0.15) is 315 Å². The van der Waals surface area contributed by atoms with Crippen LogP contribution in [0.25, 0.3) is 0 Å². The molecule has 12 bridgehead atoms. The van der Waals surface area contributed by atoms with Gasteiger partial charge in [-0.2, -0.15) is 35.3 Å². The van der Waals surface area contributed by atoms with Gasteiger partial charge in [-0.15, -0.1) is 0 Å². The third-order valence-corrected chi connectivity index (χ3v) is 45.2. The third-order valence-electron chi connectivity index (χ3n) is 40.9. The summed E-state index contributed by atoms with van der Waals surface area (Å²) < 4.78 is 35.5. The normalized spacial score (nSPS) is 43.3. The van der Waals surface area contributed by atoms with Gasteiger partial charge in [0.2, 0.25) is 0 Å². The lowest BCUT2D eigenvalue weighted by Crippen LogP contribution is -2.53. The average molecular weight is 2000 g/mol. The van der Waals surface area contributed by atoms with Crippen LogP contribution in [0.5, 0.6) is 0 Å². The summed E-state index contributed by atoms with van der Waals surface area (Å²) in [6.07, 6.45) is 68.3. The Hall–Kier alpha value is -5.19. The summed E-state index contributed by atoms with van der Waals surface area (Å²) in [4.78, 5) is 112. The fourth-order valence-corrected chi connectivity index (χ4v) is 38.7. The van der Waals surface area contributed by atoms with Crippen molar-refractivity contribution >= 4 is 82.9 Å². The fourth-order valence-electron chi connectivity index (χ4n) is 34.6. The Morgan fingerprint density at radius 1 is 0.369 bits per heavy atom. The number of nitrogens with one attached hydrogen (secondary N) is 6. The Kier molecular flexibility index (Phi) is 27.2. The highest BCUT2D eigenvalue weighted by atomic mass is 32.2. The number of hydrogen-bond donors (Lipinski definition) is 7. The van der Waals surface area contributed by atoms with Crippen molar-refractivity contribution in [2.24, 2.45) is 11.7 Å². The maximum atomic E-state index is 12.5. The molecule has 24 fully saturated rings. The highest BCUT2D eigenvalue weighted by Crippen LogP contribution is 2.63. The molecule has 770 valence electrons. The molecule has 0 aromatic carbocycles. The van der Waals surface area contributed by atoms with Gasteiger partial charge in [0, 0.05) is 200 Å². The number of Topliss-reactive ketones (excluding diaryl/α,β-unsaturated/α-hetero) is 1. The standard InChI is InChI=1S/C26H37N3O4S2.C19H28N2O2.C18H26N2O2.C17H24N2O2.C16H22N2O2.C15H22N2O2S/c30-17(6-1-2-8-20-24-18(15-35-20)27-25(32)28-24)7-5-11-34-21-12-16-13-23(31)33-26(16)14-19(21)29-10-4-3-9-22(26)29;22-18-11-13-10-15(20-14-6-2-1-3-7-14)16-12-19(13,23-18)17-8-4-5-9-21(16)17;21-17-10-12-9-14(19-13-5-1-2-6-13)15-11-18(12,22-17)16-7-3-4-8-20(15)16;20-16-8-12-7-13(18-10-11-4-5-11)14-9-17(12,21-16)15-3-1-2-6-19(14)15;19-15-8-10-7-12(17-11-4-5-11)13-9-16(10,20-15)14-3-1-2-6-18(13)14;16-4-6-20-12-7-10-8-14(18)19-15(10)9-11(12)17-5-2-1-3-13(15)17/h13,18-22,24H,1-12,14-15H2,(H2,27,28,32);11,14-17,20H,1-10,12H2;10,13-16,19H,1-9,11H2;8,11,13-15,18H,1-7,9-10H2;8,11-14,17H,1-7,9H2;8,11-13H,1-7,9,16H2/t18-,19-,20-,21-,22+,24-,26-;15?,16-,17+,19-;14?,15-,16+,18-;13?,14-,15+,17-;12?,13-,14+,16-;11-,12?,13+,15-/m000000/s1. The van der Waals surface area contributed by atoms with E-state index in [0.29, 0.717) is 143 Å². The minimum atomic E-state index is -0.326. The van der Waals surface area contributed by atoms with E-state index in [9.17, 15) is 38.4 Å². The Morgan fingerprint density at radius 2 is 0.695 bits per heavy atom. The molecule has 30 aliphatic rings. The molecule has 0 aromatic rings. The van der Waals surface area contributed by atoms with Gasteiger partial charge in [0.15, 0.2) is 33.6 Å². The number of nitrogens with zero attached hydrogens (tertiary/aromatic N) is 6. The zero-order valence-electron chi connectivity index (χ0n) is 83.5. The van der Waals surface area contributed by atoms with E-state index >= 15 is 0 Å². The average Bonchev–Trinajstić information content (AvgIpc) is 1.56. The first-order valence-electron chi connectivity index (χ1n) is 57.2. The van der Waals surface area contributed by atoms with E-state index in [1.54, 1.807) is 24.3 Å². The molecular formula is C111H159N13O14S3. The topological polar surface area (TPSA) is 310 Å². The summed E-state index contributed by atoms with van der Waals surface area (Å²) >= 11 is 5.94. The summed E-state index contributed by atoms with van der Waals surface area (Å²) in [5.41, 5.74) is 11.7. The molecule has 10 aliphatic carbocycles. The van der Waals surface area contributed by atoms with Gasteiger partial charge in [0.05, 0.1) is 48.3 Å². The number of esters is 6. The molecule has 14 saturated heterocycles. The number of nitrogens with two attached hydrogens (primary N) is 1. The van der Waals surface area contributed by atoms with Crippen LogP contribution in [-0.4, -0.2) is 323 Å². The number of carbonyl (C=O) groups is 8. The van der Waals surface area contributed by atoms with Crippen LogP contribution in [0.3, 0.4) is 0 Å². The van der Waals surface area contributed by atoms with E-state index < -0.39 is 0 Å². The largest absolute Gasteiger partial charge is 0.450 e. The number of rotatable bonds is 22. The van der Waals surface area contributed by atoms with Crippen molar-refractivity contribution in [2.45, 2.75) is 491 Å². The molecule has 2 amide bonds. The zero-order chi connectivity index (χ0) is 95.3. The van der Waals surface area contributed by atoms with Crippen LogP contribution in [0.4, 0.5) is 4.79 Å².